The Morgan fingerprint density at radius 3 is 2.62 bits per heavy atom. The molecule has 1 unspecified atom stereocenters. The largest absolute Gasteiger partial charge is 0.309 e. The maximum absolute atomic E-state index is 4.26. The van der Waals surface area contributed by atoms with Crippen LogP contribution in [0.3, 0.4) is 0 Å². The molecule has 0 aliphatic rings. The minimum atomic E-state index is 0.447. The molecule has 1 aromatic rings. The summed E-state index contributed by atoms with van der Waals surface area (Å²) < 4.78 is 4.11. The van der Waals surface area contributed by atoms with E-state index in [1.54, 1.807) is 11.5 Å². The fraction of sp³-hybridized carbons (Fsp3) is 0.833. The molecule has 1 aromatic heterocycles. The average molecular weight is 241 g/mol. The fourth-order valence-electron chi connectivity index (χ4n) is 1.83. The molecule has 0 saturated carbocycles. The second kappa shape index (κ2) is 6.97. The van der Waals surface area contributed by atoms with E-state index in [2.05, 4.69) is 42.6 Å². The van der Waals surface area contributed by atoms with Gasteiger partial charge in [0.15, 0.2) is 0 Å². The Kier molecular flexibility index (Phi) is 5.91. The van der Waals surface area contributed by atoms with Crippen molar-refractivity contribution in [3.05, 3.63) is 10.6 Å². The third-order valence-electron chi connectivity index (χ3n) is 2.70. The van der Waals surface area contributed by atoms with Crippen molar-refractivity contribution in [3.8, 4) is 0 Å². The van der Waals surface area contributed by atoms with Gasteiger partial charge in [-0.2, -0.15) is 0 Å². The quantitative estimate of drug-likeness (QED) is 0.794. The monoisotopic (exact) mass is 241 g/mol. The molecule has 3 nitrogen and oxygen atoms in total. The van der Waals surface area contributed by atoms with Crippen molar-refractivity contribution in [3.63, 3.8) is 0 Å². The summed E-state index contributed by atoms with van der Waals surface area (Å²) >= 11 is 1.55. The molecular weight excluding hydrogens is 218 g/mol. The molecule has 0 aliphatic heterocycles. The van der Waals surface area contributed by atoms with Crippen LogP contribution in [0.25, 0.3) is 0 Å². The van der Waals surface area contributed by atoms with Gasteiger partial charge in [0, 0.05) is 6.04 Å². The molecule has 0 fully saturated rings. The fourth-order valence-corrected chi connectivity index (χ4v) is 2.74. The normalized spacial score (nSPS) is 13.3. The summed E-state index contributed by atoms with van der Waals surface area (Å²) in [6.45, 7) is 9.76. The van der Waals surface area contributed by atoms with E-state index in [0.717, 1.165) is 6.54 Å². The Morgan fingerprint density at radius 1 is 1.31 bits per heavy atom. The molecule has 92 valence electrons. The smallest absolute Gasteiger partial charge is 0.0829 e. The molecule has 1 N–H and O–H groups in total. The van der Waals surface area contributed by atoms with E-state index in [-0.39, 0.29) is 0 Å². The van der Waals surface area contributed by atoms with Crippen molar-refractivity contribution >= 4 is 11.5 Å². The van der Waals surface area contributed by atoms with Gasteiger partial charge in [-0.05, 0) is 30.4 Å². The minimum Gasteiger partial charge on any atom is -0.309 e. The summed E-state index contributed by atoms with van der Waals surface area (Å²) in [4.78, 5) is 1.34. The van der Waals surface area contributed by atoms with Crippen molar-refractivity contribution in [1.29, 1.82) is 0 Å². The highest BCUT2D eigenvalue weighted by atomic mass is 32.1. The Bertz CT molecular complexity index is 296. The van der Waals surface area contributed by atoms with Crippen LogP contribution in [0, 0.1) is 0 Å². The number of hydrogen-bond donors (Lipinski definition) is 1. The molecule has 0 aromatic carbocycles. The van der Waals surface area contributed by atoms with Crippen LogP contribution in [-0.2, 0) is 0 Å². The van der Waals surface area contributed by atoms with Crippen LogP contribution in [0.1, 0.15) is 69.5 Å². The Balaban J connectivity index is 2.78. The first kappa shape index (κ1) is 13.6. The molecule has 0 aliphatic carbocycles. The maximum atomic E-state index is 4.26. The lowest BCUT2D eigenvalue weighted by Crippen LogP contribution is -2.21. The molecule has 4 heteroatoms. The van der Waals surface area contributed by atoms with Gasteiger partial charge < -0.3 is 5.32 Å². The van der Waals surface area contributed by atoms with E-state index >= 15 is 0 Å². The van der Waals surface area contributed by atoms with Gasteiger partial charge in [-0.15, -0.1) is 5.10 Å². The Labute approximate surface area is 103 Å². The highest BCUT2D eigenvalue weighted by molar-refractivity contribution is 7.05. The number of nitrogens with zero attached hydrogens (tertiary/aromatic N) is 2. The lowest BCUT2D eigenvalue weighted by molar-refractivity contribution is 0.495. The molecule has 1 heterocycles. The zero-order chi connectivity index (χ0) is 12.0. The molecule has 0 radical (unpaired) electrons. The lowest BCUT2D eigenvalue weighted by atomic mass is 10.0. The van der Waals surface area contributed by atoms with Gasteiger partial charge in [0.1, 0.15) is 0 Å². The van der Waals surface area contributed by atoms with Gasteiger partial charge in [0.05, 0.1) is 10.6 Å². The third kappa shape index (κ3) is 3.52. The zero-order valence-corrected chi connectivity index (χ0v) is 11.6. The van der Waals surface area contributed by atoms with Crippen LogP contribution in [0.2, 0.25) is 0 Å². The predicted molar refractivity (Wildman–Crippen MR) is 69.9 cm³/mol. The molecular formula is C12H23N3S. The lowest BCUT2D eigenvalue weighted by Gasteiger charge is -2.17. The van der Waals surface area contributed by atoms with Gasteiger partial charge in [0.25, 0.3) is 0 Å². The number of aromatic nitrogens is 2. The number of rotatable bonds is 7. The predicted octanol–water partition coefficient (Wildman–Crippen LogP) is 3.50. The zero-order valence-electron chi connectivity index (χ0n) is 10.8. The standard InChI is InChI=1S/C12H23N3S/c1-5-7-8-10(13-6-2)12-11(9(3)4)14-15-16-12/h9-10,13H,5-8H2,1-4H3. The molecule has 16 heavy (non-hydrogen) atoms. The number of hydrogen-bond acceptors (Lipinski definition) is 4. The molecule has 0 amide bonds. The van der Waals surface area contributed by atoms with Crippen LogP contribution in [0.4, 0.5) is 0 Å². The van der Waals surface area contributed by atoms with Gasteiger partial charge in [0.2, 0.25) is 0 Å². The number of unbranched alkanes of at least 4 members (excludes halogenated alkanes) is 1. The van der Waals surface area contributed by atoms with Crippen LogP contribution < -0.4 is 5.32 Å². The maximum Gasteiger partial charge on any atom is 0.0829 e. The van der Waals surface area contributed by atoms with E-state index in [0.29, 0.717) is 12.0 Å². The van der Waals surface area contributed by atoms with Gasteiger partial charge in [-0.25, -0.2) is 0 Å². The summed E-state index contributed by atoms with van der Waals surface area (Å²) in [6, 6.07) is 0.447. The first-order valence-corrected chi connectivity index (χ1v) is 7.03. The van der Waals surface area contributed by atoms with E-state index in [9.17, 15) is 0 Å². The average Bonchev–Trinajstić information content (AvgIpc) is 2.73. The summed E-state index contributed by atoms with van der Waals surface area (Å²) in [5.74, 6) is 0.469. The van der Waals surface area contributed by atoms with Gasteiger partial charge >= 0.3 is 0 Å². The van der Waals surface area contributed by atoms with E-state index in [4.69, 9.17) is 0 Å². The van der Waals surface area contributed by atoms with Gasteiger partial charge in [-0.1, -0.05) is 45.0 Å². The summed E-state index contributed by atoms with van der Waals surface area (Å²) in [7, 11) is 0. The second-order valence-corrected chi connectivity index (χ2v) is 5.22. The van der Waals surface area contributed by atoms with Gasteiger partial charge in [-0.3, -0.25) is 0 Å². The third-order valence-corrected chi connectivity index (χ3v) is 3.55. The second-order valence-electron chi connectivity index (χ2n) is 4.43. The summed E-state index contributed by atoms with van der Waals surface area (Å²) in [6.07, 6.45) is 3.69. The van der Waals surface area contributed by atoms with Crippen LogP contribution >= 0.6 is 11.5 Å². The van der Waals surface area contributed by atoms with Crippen molar-refractivity contribution in [1.82, 2.24) is 14.9 Å². The Hall–Kier alpha value is -0.480. The van der Waals surface area contributed by atoms with Crippen LogP contribution in [0.5, 0.6) is 0 Å². The van der Waals surface area contributed by atoms with Crippen LogP contribution in [0.15, 0.2) is 0 Å². The SMILES string of the molecule is CCCCC(NCC)c1snnc1C(C)C. The van der Waals surface area contributed by atoms with Crippen LogP contribution in [-0.4, -0.2) is 16.1 Å². The molecule has 0 saturated heterocycles. The number of nitrogens with one attached hydrogen (secondary N) is 1. The Morgan fingerprint density at radius 2 is 2.06 bits per heavy atom. The highest BCUT2D eigenvalue weighted by Gasteiger charge is 2.19. The summed E-state index contributed by atoms with van der Waals surface area (Å²) in [5.41, 5.74) is 1.17. The molecule has 1 rings (SSSR count). The topological polar surface area (TPSA) is 37.8 Å². The molecule has 0 bridgehead atoms. The van der Waals surface area contributed by atoms with E-state index in [1.165, 1.54) is 29.8 Å². The molecule has 1 atom stereocenters. The van der Waals surface area contributed by atoms with Crippen molar-refractivity contribution in [2.75, 3.05) is 6.54 Å². The van der Waals surface area contributed by atoms with Crippen molar-refractivity contribution in [2.45, 2.75) is 58.9 Å². The minimum absolute atomic E-state index is 0.447. The van der Waals surface area contributed by atoms with Crippen molar-refractivity contribution in [2.24, 2.45) is 0 Å². The summed E-state index contributed by atoms with van der Waals surface area (Å²) in [5, 5.41) is 7.80. The van der Waals surface area contributed by atoms with E-state index < -0.39 is 0 Å². The van der Waals surface area contributed by atoms with E-state index in [1.807, 2.05) is 0 Å². The molecule has 0 spiro atoms. The first-order chi connectivity index (χ1) is 7.70. The first-order valence-electron chi connectivity index (χ1n) is 6.26. The highest BCUT2D eigenvalue weighted by Crippen LogP contribution is 2.29. The van der Waals surface area contributed by atoms with Crippen molar-refractivity contribution < 1.29 is 0 Å².